The second-order valence-electron chi connectivity index (χ2n) is 5.52. The lowest BCUT2D eigenvalue weighted by molar-refractivity contribution is -0.116. The van der Waals surface area contributed by atoms with Crippen LogP contribution in [0.5, 0.6) is 0 Å². The van der Waals surface area contributed by atoms with Crippen molar-refractivity contribution >= 4 is 39.1 Å². The maximum atomic E-state index is 12.2. The molecule has 2 amide bonds. The molecule has 2 rings (SSSR count). The van der Waals surface area contributed by atoms with Crippen LogP contribution in [0.1, 0.15) is 42.6 Å². The van der Waals surface area contributed by atoms with Gasteiger partial charge in [-0.05, 0) is 55.3 Å². The van der Waals surface area contributed by atoms with Crippen molar-refractivity contribution in [2.45, 2.75) is 26.7 Å². The number of hydrogen-bond acceptors (Lipinski definition) is 3. The molecule has 0 radical (unpaired) electrons. The summed E-state index contributed by atoms with van der Waals surface area (Å²) in [5, 5.41) is 6.91. The fourth-order valence-corrected chi connectivity index (χ4v) is 2.37. The molecule has 25 heavy (non-hydrogen) atoms. The first-order chi connectivity index (χ1) is 12.0. The zero-order valence-electron chi connectivity index (χ0n) is 14.2. The lowest BCUT2D eigenvalue weighted by atomic mass is 10.1. The van der Waals surface area contributed by atoms with Gasteiger partial charge in [-0.2, -0.15) is 5.10 Å². The standard InChI is InChI=1S/C19H20BrN3O2/c1-3-4-18(24)21-17-11-7-15(8-12-17)19(25)23-22-13(2)14-5-9-16(20)10-6-14/h5-12H,3-4H2,1-2H3,(H,21,24)(H,23,25)/b22-13+. The Morgan fingerprint density at radius 2 is 1.60 bits per heavy atom. The minimum absolute atomic E-state index is 0.0329. The molecule has 0 saturated carbocycles. The number of hydrazone groups is 1. The molecule has 0 aliphatic rings. The van der Waals surface area contributed by atoms with Crippen LogP contribution < -0.4 is 10.7 Å². The van der Waals surface area contributed by atoms with Crippen LogP contribution in [0.25, 0.3) is 0 Å². The van der Waals surface area contributed by atoms with Crippen LogP contribution in [0.4, 0.5) is 5.69 Å². The van der Waals surface area contributed by atoms with Gasteiger partial charge in [-0.15, -0.1) is 0 Å². The summed E-state index contributed by atoms with van der Waals surface area (Å²) in [4.78, 5) is 23.7. The van der Waals surface area contributed by atoms with Crippen LogP contribution >= 0.6 is 15.9 Å². The molecule has 0 aromatic heterocycles. The summed E-state index contributed by atoms with van der Waals surface area (Å²) >= 11 is 3.38. The molecule has 0 fully saturated rings. The van der Waals surface area contributed by atoms with Crippen molar-refractivity contribution in [3.8, 4) is 0 Å². The maximum absolute atomic E-state index is 12.2. The SMILES string of the molecule is CCCC(=O)Nc1ccc(C(=O)N/N=C(\C)c2ccc(Br)cc2)cc1. The van der Waals surface area contributed by atoms with E-state index in [1.807, 2.05) is 38.1 Å². The zero-order valence-corrected chi connectivity index (χ0v) is 15.8. The number of hydrogen-bond donors (Lipinski definition) is 2. The van der Waals surface area contributed by atoms with Gasteiger partial charge in [0, 0.05) is 22.1 Å². The molecule has 0 atom stereocenters. The van der Waals surface area contributed by atoms with Crippen LogP contribution in [0, 0.1) is 0 Å². The number of carbonyl (C=O) groups excluding carboxylic acids is 2. The highest BCUT2D eigenvalue weighted by molar-refractivity contribution is 9.10. The van der Waals surface area contributed by atoms with Crippen LogP contribution in [0.15, 0.2) is 58.1 Å². The average Bonchev–Trinajstić information content (AvgIpc) is 2.61. The number of nitrogens with one attached hydrogen (secondary N) is 2. The number of amides is 2. The Bertz CT molecular complexity index is 768. The van der Waals surface area contributed by atoms with Gasteiger partial charge in [-0.3, -0.25) is 9.59 Å². The normalized spacial score (nSPS) is 11.1. The van der Waals surface area contributed by atoms with Gasteiger partial charge in [0.15, 0.2) is 0 Å². The number of benzene rings is 2. The molecule has 6 heteroatoms. The molecule has 2 aromatic carbocycles. The third-order valence-electron chi connectivity index (χ3n) is 3.50. The third kappa shape index (κ3) is 5.83. The summed E-state index contributed by atoms with van der Waals surface area (Å²) < 4.78 is 0.985. The van der Waals surface area contributed by atoms with Gasteiger partial charge in [-0.1, -0.05) is 35.0 Å². The number of carbonyl (C=O) groups is 2. The minimum Gasteiger partial charge on any atom is -0.326 e. The maximum Gasteiger partial charge on any atom is 0.271 e. The summed E-state index contributed by atoms with van der Waals surface area (Å²) in [6, 6.07) is 14.4. The molecule has 5 nitrogen and oxygen atoms in total. The van der Waals surface area contributed by atoms with E-state index >= 15 is 0 Å². The first-order valence-electron chi connectivity index (χ1n) is 8.00. The van der Waals surface area contributed by atoms with Gasteiger partial charge < -0.3 is 5.32 Å². The Morgan fingerprint density at radius 1 is 1.00 bits per heavy atom. The Morgan fingerprint density at radius 3 is 2.20 bits per heavy atom. The highest BCUT2D eigenvalue weighted by Gasteiger charge is 2.06. The molecular weight excluding hydrogens is 382 g/mol. The van der Waals surface area contributed by atoms with E-state index in [0.29, 0.717) is 23.4 Å². The first kappa shape index (κ1) is 18.9. The molecule has 0 saturated heterocycles. The van der Waals surface area contributed by atoms with Gasteiger partial charge in [0.1, 0.15) is 0 Å². The Balaban J connectivity index is 1.97. The molecule has 0 bridgehead atoms. The Hall–Kier alpha value is -2.47. The summed E-state index contributed by atoms with van der Waals surface area (Å²) in [5.41, 5.74) is 5.33. The van der Waals surface area contributed by atoms with Crippen LogP contribution in [-0.2, 0) is 4.79 Å². The van der Waals surface area contributed by atoms with Crippen molar-refractivity contribution < 1.29 is 9.59 Å². The van der Waals surface area contributed by atoms with E-state index in [-0.39, 0.29) is 11.8 Å². The van der Waals surface area contributed by atoms with Gasteiger partial charge >= 0.3 is 0 Å². The fourth-order valence-electron chi connectivity index (χ4n) is 2.11. The largest absolute Gasteiger partial charge is 0.326 e. The first-order valence-corrected chi connectivity index (χ1v) is 8.79. The van der Waals surface area contributed by atoms with Gasteiger partial charge in [0.05, 0.1) is 5.71 Å². The van der Waals surface area contributed by atoms with Crippen molar-refractivity contribution in [2.75, 3.05) is 5.32 Å². The Kier molecular flexibility index (Phi) is 6.89. The molecule has 2 aromatic rings. The molecule has 2 N–H and O–H groups in total. The van der Waals surface area contributed by atoms with Crippen molar-refractivity contribution in [1.82, 2.24) is 5.43 Å². The van der Waals surface area contributed by atoms with Crippen molar-refractivity contribution in [3.05, 3.63) is 64.1 Å². The molecule has 0 aliphatic carbocycles. The van der Waals surface area contributed by atoms with E-state index in [2.05, 4.69) is 31.8 Å². The van der Waals surface area contributed by atoms with Gasteiger partial charge in [0.25, 0.3) is 5.91 Å². The Labute approximate surface area is 155 Å². The van der Waals surface area contributed by atoms with E-state index in [1.54, 1.807) is 24.3 Å². The van der Waals surface area contributed by atoms with Crippen LogP contribution in [-0.4, -0.2) is 17.5 Å². The molecule has 130 valence electrons. The topological polar surface area (TPSA) is 70.6 Å². The highest BCUT2D eigenvalue weighted by Crippen LogP contribution is 2.12. The van der Waals surface area contributed by atoms with E-state index in [1.165, 1.54) is 0 Å². The van der Waals surface area contributed by atoms with Crippen molar-refractivity contribution in [2.24, 2.45) is 5.10 Å². The van der Waals surface area contributed by atoms with E-state index in [4.69, 9.17) is 0 Å². The lowest BCUT2D eigenvalue weighted by Gasteiger charge is -2.06. The average molecular weight is 402 g/mol. The number of halogens is 1. The monoisotopic (exact) mass is 401 g/mol. The van der Waals surface area contributed by atoms with Gasteiger partial charge in [-0.25, -0.2) is 5.43 Å². The van der Waals surface area contributed by atoms with Crippen LogP contribution in [0.3, 0.4) is 0 Å². The van der Waals surface area contributed by atoms with E-state index in [9.17, 15) is 9.59 Å². The van der Waals surface area contributed by atoms with E-state index in [0.717, 1.165) is 16.5 Å². The summed E-state index contributed by atoms with van der Waals surface area (Å²) in [7, 11) is 0. The fraction of sp³-hybridized carbons (Fsp3) is 0.211. The number of rotatable bonds is 6. The van der Waals surface area contributed by atoms with Crippen molar-refractivity contribution in [1.29, 1.82) is 0 Å². The second-order valence-corrected chi connectivity index (χ2v) is 6.44. The highest BCUT2D eigenvalue weighted by atomic mass is 79.9. The number of nitrogens with zero attached hydrogens (tertiary/aromatic N) is 1. The van der Waals surface area contributed by atoms with E-state index < -0.39 is 0 Å². The second kappa shape index (κ2) is 9.13. The smallest absolute Gasteiger partial charge is 0.271 e. The third-order valence-corrected chi connectivity index (χ3v) is 4.02. The van der Waals surface area contributed by atoms with Gasteiger partial charge in [0.2, 0.25) is 5.91 Å². The van der Waals surface area contributed by atoms with Crippen molar-refractivity contribution in [3.63, 3.8) is 0 Å². The summed E-state index contributed by atoms with van der Waals surface area (Å²) in [6.07, 6.45) is 1.27. The van der Waals surface area contributed by atoms with Crippen LogP contribution in [0.2, 0.25) is 0 Å². The molecule has 0 unspecified atom stereocenters. The predicted octanol–water partition coefficient (Wildman–Crippen LogP) is 4.34. The summed E-state index contributed by atoms with van der Waals surface area (Å²) in [5.74, 6) is -0.336. The molecule has 0 spiro atoms. The molecular formula is C19H20BrN3O2. The lowest BCUT2D eigenvalue weighted by Crippen LogP contribution is -2.19. The molecule has 0 aliphatic heterocycles. The quantitative estimate of drug-likeness (QED) is 0.558. The summed E-state index contributed by atoms with van der Waals surface area (Å²) in [6.45, 7) is 3.78. The predicted molar refractivity (Wildman–Crippen MR) is 104 cm³/mol. The number of anilines is 1. The zero-order chi connectivity index (χ0) is 18.2. The minimum atomic E-state index is -0.303. The molecule has 0 heterocycles.